The minimum Gasteiger partial charge on any atom is -0.303 e. The van der Waals surface area contributed by atoms with Crippen molar-refractivity contribution < 1.29 is 18.4 Å². The summed E-state index contributed by atoms with van der Waals surface area (Å²) in [5.74, 6) is -2.94. The molecule has 1 aromatic rings. The fourth-order valence-electron chi connectivity index (χ4n) is 3.34. The van der Waals surface area contributed by atoms with E-state index in [9.17, 15) is 14.0 Å². The molecule has 0 aromatic carbocycles. The summed E-state index contributed by atoms with van der Waals surface area (Å²) in [6.07, 6.45) is 8.12. The van der Waals surface area contributed by atoms with Gasteiger partial charge in [0.2, 0.25) is 0 Å². The van der Waals surface area contributed by atoms with E-state index in [0.717, 1.165) is 25.1 Å². The predicted octanol–water partition coefficient (Wildman–Crippen LogP) is 2.93. The minimum atomic E-state index is -2.59. The Balaban J connectivity index is 2.10. The molecule has 120 valence electrons. The van der Waals surface area contributed by atoms with E-state index in [2.05, 4.69) is 9.98 Å². The number of pyridine rings is 1. The maximum absolute atomic E-state index is 15.9. The van der Waals surface area contributed by atoms with Crippen LogP contribution < -0.4 is 0 Å². The molecule has 4 nitrogen and oxygen atoms in total. The summed E-state index contributed by atoms with van der Waals surface area (Å²) < 4.78 is 30.0. The van der Waals surface area contributed by atoms with Gasteiger partial charge in [0.15, 0.2) is 11.5 Å². The Kier molecular flexibility index (Phi) is 4.15. The number of aromatic nitrogens is 1. The number of carbonyl (C=O) groups excluding carboxylic acids is 2. The van der Waals surface area contributed by atoms with E-state index >= 15 is 4.39 Å². The molecular weight excluding hydrogens is 302 g/mol. The van der Waals surface area contributed by atoms with Gasteiger partial charge in [-0.15, -0.1) is 0 Å². The Morgan fingerprint density at radius 1 is 1.35 bits per heavy atom. The molecule has 2 heterocycles. The summed E-state index contributed by atoms with van der Waals surface area (Å²) in [5.41, 5.74) is -3.35. The first-order valence-electron chi connectivity index (χ1n) is 7.62. The normalized spacial score (nSPS) is 27.7. The number of ketones is 1. The molecule has 0 saturated heterocycles. The molecule has 2 atom stereocenters. The zero-order chi connectivity index (χ0) is 16.4. The highest BCUT2D eigenvalue weighted by Crippen LogP contribution is 2.41. The van der Waals surface area contributed by atoms with E-state index in [0.29, 0.717) is 19.1 Å². The zero-order valence-corrected chi connectivity index (χ0v) is 12.4. The first-order valence-corrected chi connectivity index (χ1v) is 7.62. The Morgan fingerprint density at radius 3 is 2.74 bits per heavy atom. The summed E-state index contributed by atoms with van der Waals surface area (Å²) in [4.78, 5) is 31.6. The fraction of sp³-hybridized carbons (Fsp3) is 0.412. The van der Waals surface area contributed by atoms with Gasteiger partial charge >= 0.3 is 0 Å². The summed E-state index contributed by atoms with van der Waals surface area (Å²) >= 11 is 0. The van der Waals surface area contributed by atoms with E-state index in [1.807, 2.05) is 0 Å². The summed E-state index contributed by atoms with van der Waals surface area (Å²) in [7, 11) is 0. The van der Waals surface area contributed by atoms with Gasteiger partial charge in [0.05, 0.1) is 12.1 Å². The van der Waals surface area contributed by atoms with Crippen molar-refractivity contribution in [2.24, 2.45) is 16.8 Å². The van der Waals surface area contributed by atoms with E-state index in [1.165, 1.54) is 18.5 Å². The maximum Gasteiger partial charge on any atom is 0.197 e. The SMILES string of the molecule is O=CC1C=CN=C(C(=O)C2CCCC2)C1(F)c1ccncc1F. The van der Waals surface area contributed by atoms with Crippen molar-refractivity contribution >= 4 is 17.8 Å². The van der Waals surface area contributed by atoms with Crippen molar-refractivity contribution in [3.05, 3.63) is 42.1 Å². The van der Waals surface area contributed by atoms with Gasteiger partial charge in [-0.25, -0.2) is 8.78 Å². The van der Waals surface area contributed by atoms with Gasteiger partial charge in [0, 0.05) is 23.9 Å². The highest BCUT2D eigenvalue weighted by Gasteiger charge is 2.51. The molecule has 2 aliphatic rings. The molecule has 1 aromatic heterocycles. The van der Waals surface area contributed by atoms with Crippen molar-refractivity contribution in [3.63, 3.8) is 0 Å². The largest absolute Gasteiger partial charge is 0.303 e. The molecule has 23 heavy (non-hydrogen) atoms. The first kappa shape index (κ1) is 15.6. The highest BCUT2D eigenvalue weighted by atomic mass is 19.1. The van der Waals surface area contributed by atoms with Gasteiger partial charge in [0.25, 0.3) is 0 Å². The number of allylic oxidation sites excluding steroid dienone is 1. The third kappa shape index (κ3) is 2.52. The van der Waals surface area contributed by atoms with Crippen LogP contribution in [0.15, 0.2) is 35.7 Å². The van der Waals surface area contributed by atoms with Gasteiger partial charge in [-0.3, -0.25) is 14.8 Å². The molecule has 3 rings (SSSR count). The number of aliphatic imine (C=N–C) groups is 1. The van der Waals surface area contributed by atoms with Crippen LogP contribution in [-0.2, 0) is 15.3 Å². The van der Waals surface area contributed by atoms with Gasteiger partial charge < -0.3 is 4.79 Å². The second-order valence-corrected chi connectivity index (χ2v) is 5.89. The van der Waals surface area contributed by atoms with Crippen molar-refractivity contribution in [1.29, 1.82) is 0 Å². The Bertz CT molecular complexity index is 696. The van der Waals surface area contributed by atoms with Crippen LogP contribution in [0, 0.1) is 17.7 Å². The van der Waals surface area contributed by atoms with Crippen LogP contribution >= 0.6 is 0 Å². The standard InChI is InChI=1S/C17H16F2N2O2/c18-14-9-20-7-6-13(14)17(19)12(10-22)5-8-21-16(17)15(23)11-3-1-2-4-11/h5-12H,1-4H2. The molecule has 2 unspecified atom stereocenters. The fourth-order valence-corrected chi connectivity index (χ4v) is 3.34. The monoisotopic (exact) mass is 318 g/mol. The van der Waals surface area contributed by atoms with Crippen LogP contribution in [0.3, 0.4) is 0 Å². The van der Waals surface area contributed by atoms with E-state index < -0.39 is 23.2 Å². The number of rotatable bonds is 4. The third-order valence-electron chi connectivity index (χ3n) is 4.57. The lowest BCUT2D eigenvalue weighted by Gasteiger charge is -2.33. The van der Waals surface area contributed by atoms with Gasteiger partial charge in [-0.05, 0) is 18.9 Å². The molecule has 1 aliphatic carbocycles. The van der Waals surface area contributed by atoms with Crippen LogP contribution in [0.2, 0.25) is 0 Å². The molecule has 0 radical (unpaired) electrons. The van der Waals surface area contributed by atoms with Gasteiger partial charge in [-0.2, -0.15) is 0 Å². The van der Waals surface area contributed by atoms with Gasteiger partial charge in [0.1, 0.15) is 17.8 Å². The molecular formula is C17H16F2N2O2. The van der Waals surface area contributed by atoms with Crippen molar-refractivity contribution in [2.75, 3.05) is 0 Å². The van der Waals surface area contributed by atoms with Crippen LogP contribution in [0.1, 0.15) is 31.2 Å². The highest BCUT2D eigenvalue weighted by molar-refractivity contribution is 6.44. The van der Waals surface area contributed by atoms with E-state index in [-0.39, 0.29) is 17.2 Å². The van der Waals surface area contributed by atoms with Crippen molar-refractivity contribution in [2.45, 2.75) is 31.4 Å². The predicted molar refractivity (Wildman–Crippen MR) is 80.1 cm³/mol. The maximum atomic E-state index is 15.9. The molecule has 1 fully saturated rings. The van der Waals surface area contributed by atoms with Gasteiger partial charge in [-0.1, -0.05) is 18.9 Å². The lowest BCUT2D eigenvalue weighted by molar-refractivity contribution is -0.117. The molecule has 1 saturated carbocycles. The molecule has 6 heteroatoms. The number of halogens is 2. The topological polar surface area (TPSA) is 59.4 Å². The Morgan fingerprint density at radius 2 is 2.09 bits per heavy atom. The molecule has 1 aliphatic heterocycles. The zero-order valence-electron chi connectivity index (χ0n) is 12.4. The number of alkyl halides is 1. The second kappa shape index (κ2) is 6.10. The minimum absolute atomic E-state index is 0.312. The average molecular weight is 318 g/mol. The number of carbonyl (C=O) groups is 2. The van der Waals surface area contributed by atoms with Crippen LogP contribution in [0.5, 0.6) is 0 Å². The van der Waals surface area contributed by atoms with E-state index in [4.69, 9.17) is 0 Å². The van der Waals surface area contributed by atoms with Crippen LogP contribution in [-0.4, -0.2) is 22.8 Å². The number of nitrogens with zero attached hydrogens (tertiary/aromatic N) is 2. The number of Topliss-reactive ketones (excluding diaryl/α,β-unsaturated/α-hetero) is 1. The summed E-state index contributed by atoms with van der Waals surface area (Å²) in [6, 6.07) is 1.16. The molecule has 0 spiro atoms. The number of hydrogen-bond acceptors (Lipinski definition) is 4. The summed E-state index contributed by atoms with van der Waals surface area (Å²) in [5, 5.41) is 0. The summed E-state index contributed by atoms with van der Waals surface area (Å²) in [6.45, 7) is 0. The molecule has 0 N–H and O–H groups in total. The van der Waals surface area contributed by atoms with Crippen molar-refractivity contribution in [1.82, 2.24) is 4.98 Å². The van der Waals surface area contributed by atoms with Crippen molar-refractivity contribution in [3.8, 4) is 0 Å². The van der Waals surface area contributed by atoms with E-state index in [1.54, 1.807) is 0 Å². The second-order valence-electron chi connectivity index (χ2n) is 5.89. The quantitative estimate of drug-likeness (QED) is 0.802. The molecule has 0 bridgehead atoms. The Labute approximate surface area is 132 Å². The first-order chi connectivity index (χ1) is 11.1. The lowest BCUT2D eigenvalue weighted by atomic mass is 9.75. The number of hydrogen-bond donors (Lipinski definition) is 0. The third-order valence-corrected chi connectivity index (χ3v) is 4.57. The molecule has 0 amide bonds. The Hall–Kier alpha value is -2.24. The lowest BCUT2D eigenvalue weighted by Crippen LogP contribution is -2.46. The number of aldehydes is 1. The van der Waals surface area contributed by atoms with Crippen LogP contribution in [0.4, 0.5) is 8.78 Å². The smallest absolute Gasteiger partial charge is 0.197 e. The average Bonchev–Trinajstić information content (AvgIpc) is 3.09. The van der Waals surface area contributed by atoms with Crippen LogP contribution in [0.25, 0.3) is 0 Å².